The molecule has 0 saturated heterocycles. The summed E-state index contributed by atoms with van der Waals surface area (Å²) in [4.78, 5) is 24.8. The Labute approximate surface area is 380 Å². The average Bonchev–Trinajstić information content (AvgIpc) is 3.65. The zero-order valence-corrected chi connectivity index (χ0v) is 39.5. The molecule has 0 radical (unpaired) electrons. The molecule has 0 bridgehead atoms. The highest BCUT2D eigenvalue weighted by Gasteiger charge is 2.40. The molecule has 0 spiro atoms. The van der Waals surface area contributed by atoms with Gasteiger partial charge >= 0.3 is 11.9 Å². The summed E-state index contributed by atoms with van der Waals surface area (Å²) in [5, 5.41) is 0. The summed E-state index contributed by atoms with van der Waals surface area (Å²) >= 11 is 0. The van der Waals surface area contributed by atoms with Crippen LogP contribution in [0.1, 0.15) is 94.7 Å². The molecule has 65 heavy (non-hydrogen) atoms. The van der Waals surface area contributed by atoms with Gasteiger partial charge in [-0.2, -0.15) is 0 Å². The van der Waals surface area contributed by atoms with Gasteiger partial charge in [0, 0.05) is 62.8 Å². The highest BCUT2D eigenvalue weighted by molar-refractivity contribution is 7.91. The van der Waals surface area contributed by atoms with Crippen LogP contribution in [-0.2, 0) is 51.5 Å². The van der Waals surface area contributed by atoms with E-state index < -0.39 is 70.5 Å². The molecule has 2 unspecified atom stereocenters. The van der Waals surface area contributed by atoms with E-state index in [1.807, 2.05) is 13.8 Å². The lowest BCUT2D eigenvalue weighted by atomic mass is 9.98. The smallest absolute Gasteiger partial charge is 0.338 e. The van der Waals surface area contributed by atoms with Gasteiger partial charge in [0.25, 0.3) is 0 Å². The third kappa shape index (κ3) is 13.4. The van der Waals surface area contributed by atoms with E-state index in [4.69, 9.17) is 37.9 Å². The first-order valence-electron chi connectivity index (χ1n) is 19.9. The molecular formula is C47H58F2O14S2. The third-order valence-electron chi connectivity index (χ3n) is 9.37. The van der Waals surface area contributed by atoms with E-state index in [1.54, 1.807) is 67.9 Å². The van der Waals surface area contributed by atoms with Gasteiger partial charge in [-0.05, 0) is 104 Å². The van der Waals surface area contributed by atoms with Gasteiger partial charge in [-0.15, -0.1) is 0 Å². The zero-order chi connectivity index (χ0) is 47.8. The van der Waals surface area contributed by atoms with E-state index in [0.717, 1.165) is 42.8 Å². The van der Waals surface area contributed by atoms with Crippen molar-refractivity contribution in [1.29, 1.82) is 0 Å². The number of fused-ring (bicyclic) bond motifs is 2. The number of carbonyl (C=O) groups is 2. The standard InChI is InChI=1S/2C23H27FO7S.CH4/c1-22(2,3)31-21(25)14-9-18(16-12-23(4,13-28-5)30-19(16)10-14)29-15-7-8-20(17(24)11-15)32(6,26)27;1-22(2,3)31-21(25)14-9-17(16-12-23(4,13-28-5)30-18(16)10-14)29-19-11-15(24)7-8-20(19)32(6,26)27;/h2*7-11H,12-13H2,1-6H3;1H4. The molecule has 0 amide bonds. The van der Waals surface area contributed by atoms with Crippen molar-refractivity contribution >= 4 is 31.6 Å². The molecule has 14 nitrogen and oxygen atoms in total. The van der Waals surface area contributed by atoms with E-state index in [9.17, 15) is 35.2 Å². The molecular weight excluding hydrogens is 891 g/mol. The summed E-state index contributed by atoms with van der Waals surface area (Å²) in [6.07, 6.45) is 2.75. The molecule has 18 heteroatoms. The highest BCUT2D eigenvalue weighted by atomic mass is 32.2. The number of halogens is 2. The van der Waals surface area contributed by atoms with Crippen molar-refractivity contribution in [3.05, 3.63) is 94.6 Å². The quantitative estimate of drug-likeness (QED) is 0.0970. The molecule has 0 saturated carbocycles. The average molecular weight is 949 g/mol. The Balaban J connectivity index is 0.000000280. The third-order valence-corrected chi connectivity index (χ3v) is 11.6. The molecule has 6 rings (SSSR count). The molecule has 0 aromatic heterocycles. The van der Waals surface area contributed by atoms with Crippen LogP contribution >= 0.6 is 0 Å². The predicted molar refractivity (Wildman–Crippen MR) is 238 cm³/mol. The van der Waals surface area contributed by atoms with Crippen LogP contribution in [0.3, 0.4) is 0 Å². The van der Waals surface area contributed by atoms with Crippen molar-refractivity contribution in [2.24, 2.45) is 0 Å². The Kier molecular flexibility index (Phi) is 15.5. The summed E-state index contributed by atoms with van der Waals surface area (Å²) in [6, 6.07) is 12.8. The number of methoxy groups -OCH3 is 2. The number of sulfone groups is 2. The normalized spacial score (nSPS) is 17.8. The van der Waals surface area contributed by atoms with Gasteiger partial charge in [0.05, 0.1) is 24.3 Å². The molecule has 2 heterocycles. The Bertz CT molecular complexity index is 2670. The summed E-state index contributed by atoms with van der Waals surface area (Å²) in [7, 11) is -4.31. The lowest BCUT2D eigenvalue weighted by Crippen LogP contribution is -2.35. The largest absolute Gasteiger partial charge is 0.484 e. The lowest BCUT2D eigenvalue weighted by molar-refractivity contribution is 0.00545. The van der Waals surface area contributed by atoms with Crippen molar-refractivity contribution in [1.82, 2.24) is 0 Å². The van der Waals surface area contributed by atoms with E-state index in [1.165, 1.54) is 18.2 Å². The maximum absolute atomic E-state index is 14.4. The molecule has 4 aromatic carbocycles. The number of esters is 2. The Morgan fingerprint density at radius 2 is 1.06 bits per heavy atom. The van der Waals surface area contributed by atoms with Gasteiger partial charge in [0.15, 0.2) is 19.7 Å². The SMILES string of the molecule is C.COCC1(C)Cc2c(Oc3cc(F)ccc3S(C)(=O)=O)cc(C(=O)OC(C)(C)C)cc2O1.COCC1(C)Cc2c(Oc3ccc(S(C)(=O)=O)c(F)c3)cc(C(=O)OC(C)(C)C)cc2O1. The minimum absolute atomic E-state index is 0. The van der Waals surface area contributed by atoms with Crippen molar-refractivity contribution in [2.45, 2.75) is 108 Å². The maximum atomic E-state index is 14.4. The Hall–Kier alpha value is -5.30. The van der Waals surface area contributed by atoms with E-state index in [-0.39, 0.29) is 53.1 Å². The van der Waals surface area contributed by atoms with Gasteiger partial charge in [-0.25, -0.2) is 35.2 Å². The van der Waals surface area contributed by atoms with Crippen LogP contribution in [0.25, 0.3) is 0 Å². The highest BCUT2D eigenvalue weighted by Crippen LogP contribution is 2.46. The molecule has 356 valence electrons. The second-order valence-electron chi connectivity index (χ2n) is 18.2. The fourth-order valence-electron chi connectivity index (χ4n) is 6.94. The summed E-state index contributed by atoms with van der Waals surface area (Å²) < 4.78 is 121. The van der Waals surface area contributed by atoms with Crippen molar-refractivity contribution in [2.75, 3.05) is 39.9 Å². The summed E-state index contributed by atoms with van der Waals surface area (Å²) in [6.45, 7) is 14.8. The number of ether oxygens (including phenoxy) is 8. The maximum Gasteiger partial charge on any atom is 0.338 e. The summed E-state index contributed by atoms with van der Waals surface area (Å²) in [5.41, 5.74) is -1.15. The first-order valence-corrected chi connectivity index (χ1v) is 23.7. The minimum atomic E-state index is -3.72. The van der Waals surface area contributed by atoms with Gasteiger partial charge in [0.1, 0.15) is 78.3 Å². The van der Waals surface area contributed by atoms with Gasteiger partial charge in [-0.3, -0.25) is 0 Å². The van der Waals surface area contributed by atoms with E-state index in [0.29, 0.717) is 42.1 Å². The predicted octanol–water partition coefficient (Wildman–Crippen LogP) is 9.27. The Morgan fingerprint density at radius 3 is 1.46 bits per heavy atom. The number of benzene rings is 4. The van der Waals surface area contributed by atoms with Crippen LogP contribution in [0, 0.1) is 11.6 Å². The van der Waals surface area contributed by atoms with Crippen LogP contribution in [0.2, 0.25) is 0 Å². The first-order chi connectivity index (χ1) is 29.4. The number of rotatable bonds is 12. The second-order valence-corrected chi connectivity index (χ2v) is 22.1. The molecule has 0 aliphatic carbocycles. The van der Waals surface area contributed by atoms with Gasteiger partial charge in [-0.1, -0.05) is 7.43 Å². The van der Waals surface area contributed by atoms with Crippen LogP contribution < -0.4 is 18.9 Å². The lowest BCUT2D eigenvalue weighted by Gasteiger charge is -2.22. The van der Waals surface area contributed by atoms with E-state index in [2.05, 4.69) is 0 Å². The van der Waals surface area contributed by atoms with Gasteiger partial charge in [0.2, 0.25) is 0 Å². The van der Waals surface area contributed by atoms with Crippen molar-refractivity contribution in [3.63, 3.8) is 0 Å². The van der Waals surface area contributed by atoms with Crippen LogP contribution in [0.5, 0.6) is 34.5 Å². The monoisotopic (exact) mass is 948 g/mol. The molecule has 0 N–H and O–H groups in total. The Morgan fingerprint density at radius 1 is 0.631 bits per heavy atom. The molecule has 4 aromatic rings. The number of carbonyl (C=O) groups excluding carboxylic acids is 2. The summed E-state index contributed by atoms with van der Waals surface area (Å²) in [5.74, 6) is -1.55. The fourth-order valence-corrected chi connectivity index (χ4v) is 8.45. The topological polar surface area (TPSA) is 176 Å². The first kappa shape index (κ1) is 52.3. The van der Waals surface area contributed by atoms with Crippen LogP contribution in [0.4, 0.5) is 8.78 Å². The molecule has 2 aliphatic rings. The molecule has 0 fully saturated rings. The zero-order valence-electron chi connectivity index (χ0n) is 37.9. The van der Waals surface area contributed by atoms with Crippen molar-refractivity contribution in [3.8, 4) is 34.5 Å². The number of hydrogen-bond donors (Lipinski definition) is 0. The molecule has 2 atom stereocenters. The van der Waals surface area contributed by atoms with Crippen LogP contribution in [-0.4, -0.2) is 91.1 Å². The van der Waals surface area contributed by atoms with Crippen molar-refractivity contribution < 1.29 is 73.1 Å². The number of hydrogen-bond acceptors (Lipinski definition) is 14. The fraction of sp³-hybridized carbons (Fsp3) is 0.447. The van der Waals surface area contributed by atoms with E-state index >= 15 is 0 Å². The second kappa shape index (κ2) is 19.3. The molecule has 2 aliphatic heterocycles. The van der Waals surface area contributed by atoms with Crippen LogP contribution in [0.15, 0.2) is 70.5 Å². The minimum Gasteiger partial charge on any atom is -0.484 e. The van der Waals surface area contributed by atoms with Gasteiger partial charge < -0.3 is 37.9 Å².